The maximum Gasteiger partial charge on any atom is 0.198 e. The van der Waals surface area contributed by atoms with Crippen molar-refractivity contribution in [2.45, 2.75) is 31.6 Å². The molecule has 0 amide bonds. The van der Waals surface area contributed by atoms with E-state index in [-0.39, 0.29) is 0 Å². The molecule has 3 nitrogen and oxygen atoms in total. The van der Waals surface area contributed by atoms with Crippen molar-refractivity contribution in [3.63, 3.8) is 0 Å². The molecule has 3 unspecified atom stereocenters. The minimum atomic E-state index is 0.542. The molecule has 2 saturated carbocycles. The van der Waals surface area contributed by atoms with Crippen LogP contribution in [0.4, 0.5) is 5.69 Å². The number of fused-ring (bicyclic) bond motifs is 3. The molecule has 2 aromatic rings. The van der Waals surface area contributed by atoms with Gasteiger partial charge in [0.2, 0.25) is 0 Å². The third-order valence-corrected chi connectivity index (χ3v) is 4.52. The Kier molecular flexibility index (Phi) is 1.82. The first-order valence-electron chi connectivity index (χ1n) is 6.46. The Bertz CT molecular complexity index is 575. The summed E-state index contributed by atoms with van der Waals surface area (Å²) in [6.07, 6.45) is 5.39. The Morgan fingerprint density at radius 2 is 2.18 bits per heavy atom. The number of rotatable bonds is 1. The van der Waals surface area contributed by atoms with E-state index < -0.39 is 0 Å². The van der Waals surface area contributed by atoms with E-state index in [0.29, 0.717) is 5.92 Å². The number of anilines is 1. The molecule has 17 heavy (non-hydrogen) atoms. The van der Waals surface area contributed by atoms with Crippen LogP contribution in [-0.2, 0) is 0 Å². The van der Waals surface area contributed by atoms with Crippen molar-refractivity contribution in [1.82, 2.24) is 4.98 Å². The average molecular weight is 228 g/mol. The van der Waals surface area contributed by atoms with Crippen molar-refractivity contribution in [3.05, 3.63) is 24.1 Å². The molecule has 3 atom stereocenters. The molecule has 1 aromatic carbocycles. The number of benzene rings is 1. The predicted octanol–water partition coefficient (Wildman–Crippen LogP) is 3.31. The molecule has 0 aliphatic heterocycles. The summed E-state index contributed by atoms with van der Waals surface area (Å²) in [5, 5.41) is 0. The number of hydrogen-bond donors (Lipinski definition) is 1. The molecule has 2 fully saturated rings. The topological polar surface area (TPSA) is 52.0 Å². The lowest BCUT2D eigenvalue weighted by Crippen LogP contribution is -2.08. The second kappa shape index (κ2) is 3.25. The number of oxazole rings is 1. The quantitative estimate of drug-likeness (QED) is 0.762. The van der Waals surface area contributed by atoms with Gasteiger partial charge in [-0.05, 0) is 43.2 Å². The van der Waals surface area contributed by atoms with Crippen molar-refractivity contribution in [2.75, 3.05) is 5.73 Å². The van der Waals surface area contributed by atoms with E-state index in [0.717, 1.165) is 34.5 Å². The second-order valence-corrected chi connectivity index (χ2v) is 5.53. The van der Waals surface area contributed by atoms with E-state index in [2.05, 4.69) is 4.98 Å². The SMILES string of the molecule is Nc1cccc2oc(C3CC4CCC3C4)nc12. The van der Waals surface area contributed by atoms with E-state index >= 15 is 0 Å². The summed E-state index contributed by atoms with van der Waals surface area (Å²) in [5.41, 5.74) is 8.32. The lowest BCUT2D eigenvalue weighted by Gasteiger charge is -2.17. The van der Waals surface area contributed by atoms with E-state index in [1.54, 1.807) is 0 Å². The van der Waals surface area contributed by atoms with Crippen molar-refractivity contribution in [2.24, 2.45) is 11.8 Å². The molecule has 3 heteroatoms. The summed E-state index contributed by atoms with van der Waals surface area (Å²) in [5.74, 6) is 3.18. The van der Waals surface area contributed by atoms with Gasteiger partial charge in [0.1, 0.15) is 5.52 Å². The zero-order valence-electron chi connectivity index (χ0n) is 9.73. The predicted molar refractivity (Wildman–Crippen MR) is 66.6 cm³/mol. The standard InChI is InChI=1S/C14H16N2O/c15-11-2-1-3-12-13(11)16-14(17-12)10-7-8-4-5-9(10)6-8/h1-3,8-10H,4-7,15H2. The summed E-state index contributed by atoms with van der Waals surface area (Å²) in [7, 11) is 0. The first-order valence-corrected chi connectivity index (χ1v) is 6.46. The number of nitrogen functional groups attached to an aromatic ring is 1. The zero-order valence-corrected chi connectivity index (χ0v) is 9.73. The molecule has 2 bridgehead atoms. The Balaban J connectivity index is 1.79. The Morgan fingerprint density at radius 3 is 2.88 bits per heavy atom. The van der Waals surface area contributed by atoms with Crippen molar-refractivity contribution in [3.8, 4) is 0 Å². The van der Waals surface area contributed by atoms with Crippen LogP contribution in [0.2, 0.25) is 0 Å². The second-order valence-electron chi connectivity index (χ2n) is 5.53. The van der Waals surface area contributed by atoms with Crippen molar-refractivity contribution in [1.29, 1.82) is 0 Å². The van der Waals surface area contributed by atoms with E-state index in [4.69, 9.17) is 10.2 Å². The lowest BCUT2D eigenvalue weighted by atomic mass is 9.89. The van der Waals surface area contributed by atoms with Crippen LogP contribution in [0.25, 0.3) is 11.1 Å². The molecule has 88 valence electrons. The first kappa shape index (κ1) is 9.51. The maximum atomic E-state index is 5.92. The molecule has 0 radical (unpaired) electrons. The average Bonchev–Trinajstić information content (AvgIpc) is 3.03. The van der Waals surface area contributed by atoms with Crippen LogP contribution in [0.3, 0.4) is 0 Å². The fraction of sp³-hybridized carbons (Fsp3) is 0.500. The summed E-state index contributed by atoms with van der Waals surface area (Å²) in [6.45, 7) is 0. The molecule has 1 aromatic heterocycles. The van der Waals surface area contributed by atoms with E-state index in [9.17, 15) is 0 Å². The largest absolute Gasteiger partial charge is 0.440 e. The minimum absolute atomic E-state index is 0.542. The number of nitrogens with two attached hydrogens (primary N) is 1. The molecule has 0 saturated heterocycles. The lowest BCUT2D eigenvalue weighted by molar-refractivity contribution is 0.354. The molecule has 2 aliphatic rings. The van der Waals surface area contributed by atoms with Crippen LogP contribution in [0.15, 0.2) is 22.6 Å². The summed E-state index contributed by atoms with van der Waals surface area (Å²) in [4.78, 5) is 4.62. The molecular formula is C14H16N2O. The zero-order chi connectivity index (χ0) is 11.4. The van der Waals surface area contributed by atoms with Crippen LogP contribution in [0, 0.1) is 11.8 Å². The maximum absolute atomic E-state index is 5.92. The van der Waals surface area contributed by atoms with Gasteiger partial charge in [0.05, 0.1) is 5.69 Å². The molecule has 2 N–H and O–H groups in total. The number of nitrogens with zero attached hydrogens (tertiary/aromatic N) is 1. The molecule has 2 aliphatic carbocycles. The molecule has 0 spiro atoms. The monoisotopic (exact) mass is 228 g/mol. The highest BCUT2D eigenvalue weighted by Gasteiger charge is 2.42. The highest BCUT2D eigenvalue weighted by molar-refractivity contribution is 5.85. The highest BCUT2D eigenvalue weighted by atomic mass is 16.3. The summed E-state index contributed by atoms with van der Waals surface area (Å²) in [6, 6.07) is 5.76. The third kappa shape index (κ3) is 1.31. The van der Waals surface area contributed by atoms with Gasteiger partial charge >= 0.3 is 0 Å². The van der Waals surface area contributed by atoms with E-state index in [1.165, 1.54) is 25.7 Å². The smallest absolute Gasteiger partial charge is 0.198 e. The van der Waals surface area contributed by atoms with Gasteiger partial charge in [-0.15, -0.1) is 0 Å². The van der Waals surface area contributed by atoms with Gasteiger partial charge in [-0.1, -0.05) is 12.5 Å². The fourth-order valence-electron chi connectivity index (χ4n) is 3.69. The molecular weight excluding hydrogens is 212 g/mol. The van der Waals surface area contributed by atoms with E-state index in [1.807, 2.05) is 18.2 Å². The van der Waals surface area contributed by atoms with Crippen LogP contribution < -0.4 is 5.73 Å². The van der Waals surface area contributed by atoms with Gasteiger partial charge in [-0.25, -0.2) is 4.98 Å². The van der Waals surface area contributed by atoms with Crippen molar-refractivity contribution < 1.29 is 4.42 Å². The first-order chi connectivity index (χ1) is 8.31. The van der Waals surface area contributed by atoms with Crippen molar-refractivity contribution >= 4 is 16.8 Å². The van der Waals surface area contributed by atoms with Crippen LogP contribution >= 0.6 is 0 Å². The normalized spacial score (nSPS) is 31.4. The fourth-order valence-corrected chi connectivity index (χ4v) is 3.69. The van der Waals surface area contributed by atoms with Crippen LogP contribution in [-0.4, -0.2) is 4.98 Å². The van der Waals surface area contributed by atoms with Gasteiger partial charge in [0.25, 0.3) is 0 Å². The minimum Gasteiger partial charge on any atom is -0.440 e. The Hall–Kier alpha value is -1.51. The number of aromatic nitrogens is 1. The van der Waals surface area contributed by atoms with Crippen LogP contribution in [0.5, 0.6) is 0 Å². The van der Waals surface area contributed by atoms with Gasteiger partial charge in [0.15, 0.2) is 11.5 Å². The number of hydrogen-bond acceptors (Lipinski definition) is 3. The van der Waals surface area contributed by atoms with Crippen LogP contribution in [0.1, 0.15) is 37.5 Å². The van der Waals surface area contributed by atoms with Gasteiger partial charge in [0, 0.05) is 5.92 Å². The van der Waals surface area contributed by atoms with Gasteiger partial charge in [-0.3, -0.25) is 0 Å². The van der Waals surface area contributed by atoms with Gasteiger partial charge < -0.3 is 10.2 Å². The Labute approximate surface area is 100 Å². The molecule has 1 heterocycles. The molecule has 4 rings (SSSR count). The summed E-state index contributed by atoms with van der Waals surface area (Å²) >= 11 is 0. The third-order valence-electron chi connectivity index (χ3n) is 4.52. The van der Waals surface area contributed by atoms with Gasteiger partial charge in [-0.2, -0.15) is 0 Å². The highest BCUT2D eigenvalue weighted by Crippen LogP contribution is 2.52. The Morgan fingerprint density at radius 1 is 1.24 bits per heavy atom. The summed E-state index contributed by atoms with van der Waals surface area (Å²) < 4.78 is 5.89. The number of para-hydroxylation sites is 1.